The third-order valence-corrected chi connectivity index (χ3v) is 3.98. The van der Waals surface area contributed by atoms with Crippen molar-refractivity contribution in [1.29, 1.82) is 0 Å². The molecule has 20 heavy (non-hydrogen) atoms. The van der Waals surface area contributed by atoms with E-state index in [2.05, 4.69) is 10.6 Å². The highest BCUT2D eigenvalue weighted by molar-refractivity contribution is 5.91. The van der Waals surface area contributed by atoms with Crippen molar-refractivity contribution in [2.45, 2.75) is 32.6 Å². The summed E-state index contributed by atoms with van der Waals surface area (Å²) in [5, 5.41) is 6.09. The van der Waals surface area contributed by atoms with Crippen LogP contribution in [0, 0.1) is 12.8 Å². The lowest BCUT2D eigenvalue weighted by Crippen LogP contribution is -2.29. The fourth-order valence-electron chi connectivity index (χ4n) is 2.58. The first kappa shape index (κ1) is 14.8. The Morgan fingerprint density at radius 1 is 1.45 bits per heavy atom. The van der Waals surface area contributed by atoms with Crippen LogP contribution in [-0.2, 0) is 11.8 Å². The van der Waals surface area contributed by atoms with Crippen molar-refractivity contribution in [2.24, 2.45) is 13.0 Å². The Morgan fingerprint density at radius 2 is 2.15 bits per heavy atom. The zero-order chi connectivity index (χ0) is 14.5. The predicted molar refractivity (Wildman–Crippen MR) is 79.9 cm³/mol. The van der Waals surface area contributed by atoms with Gasteiger partial charge in [0, 0.05) is 19.7 Å². The van der Waals surface area contributed by atoms with E-state index in [0.29, 0.717) is 18.0 Å². The van der Waals surface area contributed by atoms with E-state index in [1.807, 2.05) is 13.0 Å². The lowest BCUT2D eigenvalue weighted by molar-refractivity contribution is -0.116. The van der Waals surface area contributed by atoms with E-state index in [0.717, 1.165) is 37.9 Å². The summed E-state index contributed by atoms with van der Waals surface area (Å²) in [4.78, 5) is 24.0. The number of rotatable bonds is 4. The molecule has 0 bridgehead atoms. The fraction of sp³-hybridized carbons (Fsp3) is 0.600. The number of aryl methyl sites for hydroxylation is 2. The number of nitrogens with zero attached hydrogens (tertiary/aromatic N) is 1. The Balaban J connectivity index is 1.91. The van der Waals surface area contributed by atoms with Gasteiger partial charge in [0.1, 0.15) is 5.69 Å². The van der Waals surface area contributed by atoms with E-state index in [1.165, 1.54) is 4.57 Å². The van der Waals surface area contributed by atoms with Gasteiger partial charge in [0.25, 0.3) is 5.56 Å². The van der Waals surface area contributed by atoms with Crippen LogP contribution >= 0.6 is 0 Å². The number of aromatic nitrogens is 1. The SMILES string of the molecule is Cc1ccn(C)c(=O)c1NC(=O)CCC1CCNCC1. The number of nitrogens with one attached hydrogen (secondary N) is 2. The molecule has 2 heterocycles. The molecule has 0 atom stereocenters. The Kier molecular flexibility index (Phi) is 4.95. The van der Waals surface area contributed by atoms with Gasteiger partial charge < -0.3 is 15.2 Å². The van der Waals surface area contributed by atoms with Crippen LogP contribution in [0.4, 0.5) is 5.69 Å². The smallest absolute Gasteiger partial charge is 0.274 e. The zero-order valence-corrected chi connectivity index (χ0v) is 12.2. The van der Waals surface area contributed by atoms with Crippen LogP contribution in [0.25, 0.3) is 0 Å². The monoisotopic (exact) mass is 277 g/mol. The maximum absolute atomic E-state index is 12.0. The van der Waals surface area contributed by atoms with Crippen molar-refractivity contribution in [3.8, 4) is 0 Å². The van der Waals surface area contributed by atoms with Crippen LogP contribution in [0.5, 0.6) is 0 Å². The molecule has 0 radical (unpaired) electrons. The molecule has 2 rings (SSSR count). The number of hydrogen-bond donors (Lipinski definition) is 2. The van der Waals surface area contributed by atoms with Crippen LogP contribution in [0.2, 0.25) is 0 Å². The largest absolute Gasteiger partial charge is 0.321 e. The molecule has 0 aromatic carbocycles. The topological polar surface area (TPSA) is 63.1 Å². The van der Waals surface area contributed by atoms with Crippen LogP contribution in [0.1, 0.15) is 31.2 Å². The lowest BCUT2D eigenvalue weighted by Gasteiger charge is -2.22. The summed E-state index contributed by atoms with van der Waals surface area (Å²) in [6.07, 6.45) is 5.38. The molecular formula is C15H23N3O2. The summed E-state index contributed by atoms with van der Waals surface area (Å²) >= 11 is 0. The van der Waals surface area contributed by atoms with Gasteiger partial charge in [-0.2, -0.15) is 0 Å². The number of anilines is 1. The van der Waals surface area contributed by atoms with Gasteiger partial charge in [0.15, 0.2) is 0 Å². The molecule has 0 saturated carbocycles. The van der Waals surface area contributed by atoms with E-state index in [1.54, 1.807) is 13.2 Å². The van der Waals surface area contributed by atoms with Gasteiger partial charge in [0.2, 0.25) is 5.91 Å². The number of carbonyl (C=O) groups is 1. The molecule has 5 heteroatoms. The van der Waals surface area contributed by atoms with Crippen molar-refractivity contribution in [3.05, 3.63) is 28.2 Å². The molecule has 1 aromatic rings. The van der Waals surface area contributed by atoms with Crippen LogP contribution in [0.3, 0.4) is 0 Å². The average Bonchev–Trinajstić information content (AvgIpc) is 2.46. The quantitative estimate of drug-likeness (QED) is 0.874. The first-order chi connectivity index (χ1) is 9.58. The van der Waals surface area contributed by atoms with Crippen LogP contribution in [0.15, 0.2) is 17.1 Å². The normalized spacial score (nSPS) is 16.1. The highest BCUT2D eigenvalue weighted by Crippen LogP contribution is 2.18. The summed E-state index contributed by atoms with van der Waals surface area (Å²) in [6, 6.07) is 1.84. The fourth-order valence-corrected chi connectivity index (χ4v) is 2.58. The van der Waals surface area contributed by atoms with Gasteiger partial charge in [-0.15, -0.1) is 0 Å². The van der Waals surface area contributed by atoms with Gasteiger partial charge in [-0.05, 0) is 56.8 Å². The Morgan fingerprint density at radius 3 is 2.85 bits per heavy atom. The first-order valence-electron chi connectivity index (χ1n) is 7.24. The number of pyridine rings is 1. The molecule has 110 valence electrons. The number of amides is 1. The van der Waals surface area contributed by atoms with E-state index >= 15 is 0 Å². The summed E-state index contributed by atoms with van der Waals surface area (Å²) in [5.41, 5.74) is 1.06. The highest BCUT2D eigenvalue weighted by atomic mass is 16.2. The van der Waals surface area contributed by atoms with Crippen LogP contribution < -0.4 is 16.2 Å². The van der Waals surface area contributed by atoms with Gasteiger partial charge >= 0.3 is 0 Å². The molecule has 5 nitrogen and oxygen atoms in total. The van der Waals surface area contributed by atoms with Crippen molar-refractivity contribution in [1.82, 2.24) is 9.88 Å². The maximum atomic E-state index is 12.0. The van der Waals surface area contributed by atoms with E-state index in [9.17, 15) is 9.59 Å². The zero-order valence-electron chi connectivity index (χ0n) is 12.2. The minimum Gasteiger partial charge on any atom is -0.321 e. The summed E-state index contributed by atoms with van der Waals surface area (Å²) in [5.74, 6) is 0.566. The van der Waals surface area contributed by atoms with Crippen LogP contribution in [-0.4, -0.2) is 23.6 Å². The standard InChI is InChI=1S/C15H23N3O2/c1-11-7-10-18(2)15(20)14(11)17-13(19)4-3-12-5-8-16-9-6-12/h7,10,12,16H,3-6,8-9H2,1-2H3,(H,17,19). The molecule has 0 spiro atoms. The van der Waals surface area contributed by atoms with Crippen molar-refractivity contribution >= 4 is 11.6 Å². The van der Waals surface area contributed by atoms with Crippen molar-refractivity contribution < 1.29 is 4.79 Å². The highest BCUT2D eigenvalue weighted by Gasteiger charge is 2.15. The van der Waals surface area contributed by atoms with E-state index < -0.39 is 0 Å². The lowest BCUT2D eigenvalue weighted by atomic mass is 9.93. The molecule has 1 aliphatic rings. The van der Waals surface area contributed by atoms with E-state index in [4.69, 9.17) is 0 Å². The molecule has 0 unspecified atom stereocenters. The second-order valence-electron chi connectivity index (χ2n) is 5.57. The number of piperidine rings is 1. The molecule has 1 aliphatic heterocycles. The van der Waals surface area contributed by atoms with Gasteiger partial charge in [-0.1, -0.05) is 0 Å². The first-order valence-corrected chi connectivity index (χ1v) is 7.24. The minimum absolute atomic E-state index is 0.0602. The summed E-state index contributed by atoms with van der Waals surface area (Å²) in [7, 11) is 1.69. The molecule has 1 saturated heterocycles. The Labute approximate surface area is 119 Å². The second-order valence-corrected chi connectivity index (χ2v) is 5.57. The van der Waals surface area contributed by atoms with Gasteiger partial charge in [-0.3, -0.25) is 9.59 Å². The Bertz CT molecular complexity index is 530. The second kappa shape index (κ2) is 6.70. The molecule has 0 aliphatic carbocycles. The Hall–Kier alpha value is -1.62. The molecule has 1 fully saturated rings. The number of hydrogen-bond acceptors (Lipinski definition) is 3. The van der Waals surface area contributed by atoms with Crippen molar-refractivity contribution in [3.63, 3.8) is 0 Å². The van der Waals surface area contributed by atoms with E-state index in [-0.39, 0.29) is 11.5 Å². The minimum atomic E-state index is -0.153. The molecule has 2 N–H and O–H groups in total. The maximum Gasteiger partial charge on any atom is 0.274 e. The average molecular weight is 277 g/mol. The van der Waals surface area contributed by atoms with Gasteiger partial charge in [0.05, 0.1) is 0 Å². The van der Waals surface area contributed by atoms with Crippen molar-refractivity contribution in [2.75, 3.05) is 18.4 Å². The predicted octanol–water partition coefficient (Wildman–Crippen LogP) is 1.41. The summed E-state index contributed by atoms with van der Waals surface area (Å²) in [6.45, 7) is 3.93. The summed E-state index contributed by atoms with van der Waals surface area (Å²) < 4.78 is 1.48. The molecule has 1 amide bonds. The molecular weight excluding hydrogens is 254 g/mol. The third-order valence-electron chi connectivity index (χ3n) is 3.98. The molecule has 1 aromatic heterocycles. The van der Waals surface area contributed by atoms with Gasteiger partial charge in [-0.25, -0.2) is 0 Å². The number of carbonyl (C=O) groups excluding carboxylic acids is 1. The third kappa shape index (κ3) is 3.70.